The average Bonchev–Trinajstić information content (AvgIpc) is 3.45. The summed E-state index contributed by atoms with van der Waals surface area (Å²) in [6.45, 7) is 13.1. The highest BCUT2D eigenvalue weighted by Gasteiger charge is 2.79. The minimum atomic E-state index is -1.05. The van der Waals surface area contributed by atoms with Gasteiger partial charge >= 0.3 is 0 Å². The van der Waals surface area contributed by atoms with Gasteiger partial charge in [-0.05, 0) is 76.6 Å². The Bertz CT molecular complexity index is 1060. The molecule has 3 amide bonds. The van der Waals surface area contributed by atoms with Crippen LogP contribution in [0, 0.1) is 17.8 Å². The minimum absolute atomic E-state index is 0.0158. The molecule has 40 heavy (non-hydrogen) atoms. The van der Waals surface area contributed by atoms with Gasteiger partial charge in [0.1, 0.15) is 11.6 Å². The molecular weight excluding hydrogens is 508 g/mol. The van der Waals surface area contributed by atoms with E-state index in [-0.39, 0.29) is 30.2 Å². The van der Waals surface area contributed by atoms with Gasteiger partial charge in [0.25, 0.3) is 0 Å². The Kier molecular flexibility index (Phi) is 9.45. The zero-order chi connectivity index (χ0) is 29.1. The van der Waals surface area contributed by atoms with Crippen molar-refractivity contribution in [2.45, 2.75) is 90.4 Å². The van der Waals surface area contributed by atoms with E-state index in [0.717, 1.165) is 44.5 Å². The van der Waals surface area contributed by atoms with Crippen LogP contribution >= 0.6 is 0 Å². The minimum Gasteiger partial charge on any atom is -0.396 e. The topological polar surface area (TPSA) is 111 Å². The molecule has 9 heteroatoms. The summed E-state index contributed by atoms with van der Waals surface area (Å²) in [6.07, 6.45) is 4.49. The lowest BCUT2D eigenvalue weighted by atomic mass is 9.62. The van der Waals surface area contributed by atoms with Gasteiger partial charge in [0.15, 0.2) is 0 Å². The molecule has 3 unspecified atom stereocenters. The number of anilines is 2. The van der Waals surface area contributed by atoms with Crippen LogP contribution in [-0.2, 0) is 19.1 Å². The van der Waals surface area contributed by atoms with Gasteiger partial charge in [0, 0.05) is 44.2 Å². The van der Waals surface area contributed by atoms with Crippen molar-refractivity contribution in [1.82, 2.24) is 10.2 Å². The fourth-order valence-electron chi connectivity index (χ4n) is 7.34. The molecule has 3 saturated heterocycles. The fourth-order valence-corrected chi connectivity index (χ4v) is 7.34. The van der Waals surface area contributed by atoms with Gasteiger partial charge in [-0.1, -0.05) is 26.7 Å². The van der Waals surface area contributed by atoms with Crippen molar-refractivity contribution < 1.29 is 24.2 Å². The van der Waals surface area contributed by atoms with E-state index in [1.807, 2.05) is 38.1 Å². The molecule has 0 saturated carbocycles. The molecule has 3 aliphatic heterocycles. The number of rotatable bonds is 14. The monoisotopic (exact) mass is 556 g/mol. The first kappa shape index (κ1) is 30.3. The number of ether oxygens (including phenoxy) is 1. The molecule has 1 spiro atoms. The van der Waals surface area contributed by atoms with Gasteiger partial charge in [0.2, 0.25) is 17.7 Å². The smallest absolute Gasteiger partial charge is 0.250 e. The molecule has 0 aliphatic carbocycles. The lowest BCUT2D eigenvalue weighted by Gasteiger charge is -2.36. The van der Waals surface area contributed by atoms with Gasteiger partial charge in [-0.3, -0.25) is 14.4 Å². The molecule has 0 radical (unpaired) electrons. The summed E-state index contributed by atoms with van der Waals surface area (Å²) in [6, 6.07) is 6.97. The maximum absolute atomic E-state index is 14.1. The maximum atomic E-state index is 14.1. The van der Waals surface area contributed by atoms with Crippen LogP contribution in [0.1, 0.15) is 73.1 Å². The van der Waals surface area contributed by atoms with E-state index in [4.69, 9.17) is 9.84 Å². The number of aliphatic hydroxyl groups excluding tert-OH is 1. The summed E-state index contributed by atoms with van der Waals surface area (Å²) in [5, 5.41) is 15.2. The number of carbonyl (C=O) groups is 3. The van der Waals surface area contributed by atoms with Crippen LogP contribution < -0.4 is 15.5 Å². The summed E-state index contributed by atoms with van der Waals surface area (Å²) in [5.74, 6) is -1.91. The van der Waals surface area contributed by atoms with Gasteiger partial charge < -0.3 is 30.3 Å². The Labute approximate surface area is 239 Å². The Morgan fingerprint density at radius 1 is 1.07 bits per heavy atom. The number of fused-ring (bicyclic) bond motifs is 1. The standard InChI is InChI=1S/C31H48N4O5/c1-6-17-32-27(37)24-25-29(39)35(18-11-9-10-12-19-36)26(31(25)20-21(4)30(24,5)40-31)28(38)33-22-13-15-23(16-14-22)34(7-2)8-3/h13-16,21,24-26,36H,6-12,17-20H2,1-5H3,(H,32,37)(H,33,38)/t21?,24-,25-,26?,30+,31?/m0/s1. The van der Waals surface area contributed by atoms with Crippen molar-refractivity contribution in [3.63, 3.8) is 0 Å². The zero-order valence-electron chi connectivity index (χ0n) is 24.9. The van der Waals surface area contributed by atoms with Crippen molar-refractivity contribution in [3.8, 4) is 0 Å². The highest BCUT2D eigenvalue weighted by molar-refractivity contribution is 6.03. The van der Waals surface area contributed by atoms with Crippen LogP contribution in [0.15, 0.2) is 24.3 Å². The molecule has 3 heterocycles. The fraction of sp³-hybridized carbons (Fsp3) is 0.710. The summed E-state index contributed by atoms with van der Waals surface area (Å²) in [5.41, 5.74) is -0.103. The first-order chi connectivity index (χ1) is 19.2. The number of aliphatic hydroxyl groups is 1. The van der Waals surface area contributed by atoms with Crippen LogP contribution in [0.25, 0.3) is 0 Å². The number of carbonyl (C=O) groups excluding carboxylic acids is 3. The first-order valence-corrected chi connectivity index (χ1v) is 15.2. The molecule has 1 aromatic carbocycles. The van der Waals surface area contributed by atoms with Gasteiger partial charge in [0.05, 0.1) is 17.4 Å². The maximum Gasteiger partial charge on any atom is 0.250 e. The van der Waals surface area contributed by atoms with Crippen LogP contribution in [0.5, 0.6) is 0 Å². The Hall–Kier alpha value is -2.65. The summed E-state index contributed by atoms with van der Waals surface area (Å²) in [7, 11) is 0. The molecule has 3 aliphatic rings. The number of unbranched alkanes of at least 4 members (excludes halogenated alkanes) is 3. The van der Waals surface area contributed by atoms with Crippen LogP contribution in [0.2, 0.25) is 0 Å². The van der Waals surface area contributed by atoms with Crippen LogP contribution in [0.4, 0.5) is 11.4 Å². The number of benzene rings is 1. The van der Waals surface area contributed by atoms with E-state index >= 15 is 0 Å². The quantitative estimate of drug-likeness (QED) is 0.302. The Balaban J connectivity index is 1.64. The summed E-state index contributed by atoms with van der Waals surface area (Å²) >= 11 is 0. The normalized spacial score (nSPS) is 30.4. The number of hydrogen-bond acceptors (Lipinski definition) is 6. The van der Waals surface area contributed by atoms with E-state index in [1.165, 1.54) is 0 Å². The summed E-state index contributed by atoms with van der Waals surface area (Å²) in [4.78, 5) is 45.6. The number of nitrogens with one attached hydrogen (secondary N) is 2. The van der Waals surface area contributed by atoms with E-state index in [9.17, 15) is 14.4 Å². The predicted octanol–water partition coefficient (Wildman–Crippen LogP) is 3.56. The second-order valence-electron chi connectivity index (χ2n) is 11.9. The van der Waals surface area contributed by atoms with Crippen molar-refractivity contribution in [2.75, 3.05) is 43.0 Å². The number of hydrogen-bond donors (Lipinski definition) is 3. The third kappa shape index (κ3) is 5.22. The molecule has 2 bridgehead atoms. The highest BCUT2D eigenvalue weighted by atomic mass is 16.5. The van der Waals surface area contributed by atoms with Crippen molar-refractivity contribution in [1.29, 1.82) is 0 Å². The van der Waals surface area contributed by atoms with Crippen molar-refractivity contribution >= 4 is 29.1 Å². The van der Waals surface area contributed by atoms with E-state index < -0.39 is 29.1 Å². The van der Waals surface area contributed by atoms with E-state index in [2.05, 4.69) is 36.3 Å². The molecule has 3 fully saturated rings. The second kappa shape index (κ2) is 12.5. The highest BCUT2D eigenvalue weighted by Crippen LogP contribution is 2.65. The molecule has 6 atom stereocenters. The summed E-state index contributed by atoms with van der Waals surface area (Å²) < 4.78 is 6.77. The Morgan fingerprint density at radius 2 is 1.75 bits per heavy atom. The zero-order valence-corrected chi connectivity index (χ0v) is 24.9. The molecule has 222 valence electrons. The largest absolute Gasteiger partial charge is 0.396 e. The van der Waals surface area contributed by atoms with Gasteiger partial charge in [-0.2, -0.15) is 0 Å². The lowest BCUT2D eigenvalue weighted by molar-refractivity contribution is -0.146. The SMILES string of the molecule is CCCNC(=O)[C@@H]1[C@H]2C(=O)N(CCCCCCO)C(C(=O)Nc3ccc(N(CC)CC)cc3)C23CC(C)[C@@]1(C)O3. The molecule has 0 aromatic heterocycles. The number of likely N-dealkylation sites (tertiary alicyclic amines) is 1. The molecule has 1 aromatic rings. The molecule has 3 N–H and O–H groups in total. The average molecular weight is 557 g/mol. The molecule has 4 rings (SSSR count). The van der Waals surface area contributed by atoms with Gasteiger partial charge in [-0.25, -0.2) is 0 Å². The first-order valence-electron chi connectivity index (χ1n) is 15.2. The number of nitrogens with zero attached hydrogens (tertiary/aromatic N) is 2. The third-order valence-electron chi connectivity index (χ3n) is 9.47. The predicted molar refractivity (Wildman–Crippen MR) is 156 cm³/mol. The molecular formula is C31H48N4O5. The van der Waals surface area contributed by atoms with Crippen molar-refractivity contribution in [2.24, 2.45) is 17.8 Å². The van der Waals surface area contributed by atoms with Gasteiger partial charge in [-0.15, -0.1) is 0 Å². The second-order valence-corrected chi connectivity index (χ2v) is 11.9. The number of amides is 3. The van der Waals surface area contributed by atoms with E-state index in [1.54, 1.807) is 4.90 Å². The third-order valence-corrected chi connectivity index (χ3v) is 9.47. The molecule has 9 nitrogen and oxygen atoms in total. The van der Waals surface area contributed by atoms with Crippen molar-refractivity contribution in [3.05, 3.63) is 24.3 Å². The van der Waals surface area contributed by atoms with Crippen LogP contribution in [-0.4, -0.2) is 77.8 Å². The lowest BCUT2D eigenvalue weighted by Crippen LogP contribution is -2.54. The Morgan fingerprint density at radius 3 is 2.38 bits per heavy atom. The van der Waals surface area contributed by atoms with Crippen LogP contribution in [0.3, 0.4) is 0 Å². The van der Waals surface area contributed by atoms with E-state index in [0.29, 0.717) is 31.6 Å².